The Kier molecular flexibility index (Phi) is 5.28. The lowest BCUT2D eigenvalue weighted by molar-refractivity contribution is 0.601. The molecule has 0 aliphatic rings. The number of anilines is 1. The van der Waals surface area contributed by atoms with Gasteiger partial charge in [0.1, 0.15) is 10.0 Å². The topological polar surface area (TPSA) is 59.1 Å². The van der Waals surface area contributed by atoms with E-state index in [0.29, 0.717) is 4.47 Å². The van der Waals surface area contributed by atoms with E-state index in [0.717, 1.165) is 0 Å². The fourth-order valence-corrected chi connectivity index (χ4v) is 4.49. The zero-order valence-corrected chi connectivity index (χ0v) is 15.3. The third-order valence-electron chi connectivity index (χ3n) is 2.31. The summed E-state index contributed by atoms with van der Waals surface area (Å²) in [6.45, 7) is 0. The van der Waals surface area contributed by atoms with Gasteiger partial charge in [0.25, 0.3) is 10.0 Å². The molecule has 0 saturated heterocycles. The fraction of sp³-hybridized carbons (Fsp3) is 0. The van der Waals surface area contributed by atoms with Gasteiger partial charge in [0.05, 0.1) is 15.7 Å². The molecule has 0 atom stereocenters. The standard InChI is InChI=1S/C11H5BrCl4N2O2S/c12-5-1-9(11(16)17-4-5)21(19,20)18-10-7(14)2-6(13)3-8(10)15/h1-4,18H. The van der Waals surface area contributed by atoms with Gasteiger partial charge in [-0.1, -0.05) is 46.4 Å². The van der Waals surface area contributed by atoms with Gasteiger partial charge in [-0.25, -0.2) is 13.4 Å². The molecule has 0 aliphatic heterocycles. The van der Waals surface area contributed by atoms with Crippen LogP contribution in [-0.2, 0) is 10.0 Å². The van der Waals surface area contributed by atoms with Crippen LogP contribution in [0, 0.1) is 0 Å². The Hall–Kier alpha value is -0.240. The van der Waals surface area contributed by atoms with Crippen molar-refractivity contribution in [3.05, 3.63) is 49.1 Å². The van der Waals surface area contributed by atoms with Gasteiger partial charge in [0.15, 0.2) is 0 Å². The van der Waals surface area contributed by atoms with Crippen LogP contribution in [0.15, 0.2) is 33.8 Å². The molecule has 4 nitrogen and oxygen atoms in total. The van der Waals surface area contributed by atoms with E-state index in [9.17, 15) is 8.42 Å². The Morgan fingerprint density at radius 2 is 1.62 bits per heavy atom. The van der Waals surface area contributed by atoms with Crippen molar-refractivity contribution in [2.75, 3.05) is 4.72 Å². The molecular weight excluding hydrogens is 446 g/mol. The molecule has 1 N–H and O–H groups in total. The fourth-order valence-electron chi connectivity index (χ4n) is 1.42. The lowest BCUT2D eigenvalue weighted by atomic mass is 10.3. The zero-order chi connectivity index (χ0) is 15.8. The number of halogens is 5. The maximum absolute atomic E-state index is 12.4. The Balaban J connectivity index is 2.50. The van der Waals surface area contributed by atoms with Crippen molar-refractivity contribution in [3.8, 4) is 0 Å². The number of hydrogen-bond donors (Lipinski definition) is 1. The lowest BCUT2D eigenvalue weighted by Crippen LogP contribution is -2.14. The van der Waals surface area contributed by atoms with Crippen LogP contribution in [0.5, 0.6) is 0 Å². The minimum Gasteiger partial charge on any atom is -0.276 e. The highest BCUT2D eigenvalue weighted by Crippen LogP contribution is 2.36. The summed E-state index contributed by atoms with van der Waals surface area (Å²) in [6, 6.07) is 4.05. The summed E-state index contributed by atoms with van der Waals surface area (Å²) in [4.78, 5) is 3.55. The average Bonchev–Trinajstić information content (AvgIpc) is 2.36. The average molecular weight is 451 g/mol. The smallest absolute Gasteiger partial charge is 0.265 e. The van der Waals surface area contributed by atoms with E-state index < -0.39 is 10.0 Å². The number of sulfonamides is 1. The predicted molar refractivity (Wildman–Crippen MR) is 89.2 cm³/mol. The molecule has 0 saturated carbocycles. The van der Waals surface area contributed by atoms with Gasteiger partial charge in [0.2, 0.25) is 0 Å². The first-order valence-corrected chi connectivity index (χ1v) is 8.98. The molecule has 0 amide bonds. The van der Waals surface area contributed by atoms with Gasteiger partial charge in [0, 0.05) is 15.7 Å². The van der Waals surface area contributed by atoms with E-state index in [1.165, 1.54) is 24.4 Å². The lowest BCUT2D eigenvalue weighted by Gasteiger charge is -2.12. The second-order valence-electron chi connectivity index (χ2n) is 3.79. The van der Waals surface area contributed by atoms with E-state index in [1.54, 1.807) is 0 Å². The van der Waals surface area contributed by atoms with Crippen molar-refractivity contribution in [2.45, 2.75) is 4.90 Å². The molecule has 2 rings (SSSR count). The Labute approximate surface area is 149 Å². The van der Waals surface area contributed by atoms with Gasteiger partial charge in [-0.3, -0.25) is 4.72 Å². The minimum atomic E-state index is -4.01. The van der Waals surface area contributed by atoms with Crippen LogP contribution >= 0.6 is 62.3 Å². The van der Waals surface area contributed by atoms with Crippen LogP contribution in [-0.4, -0.2) is 13.4 Å². The van der Waals surface area contributed by atoms with Crippen molar-refractivity contribution < 1.29 is 8.42 Å². The molecule has 112 valence electrons. The number of nitrogens with zero attached hydrogens (tertiary/aromatic N) is 1. The monoisotopic (exact) mass is 448 g/mol. The van der Waals surface area contributed by atoms with Crippen molar-refractivity contribution in [3.63, 3.8) is 0 Å². The molecule has 21 heavy (non-hydrogen) atoms. The molecule has 1 aromatic carbocycles. The normalized spacial score (nSPS) is 11.5. The van der Waals surface area contributed by atoms with Gasteiger partial charge in [-0.2, -0.15) is 0 Å². The van der Waals surface area contributed by atoms with Crippen molar-refractivity contribution in [1.29, 1.82) is 0 Å². The summed E-state index contributed by atoms with van der Waals surface area (Å²) in [5.74, 6) is 0. The zero-order valence-electron chi connectivity index (χ0n) is 9.87. The predicted octanol–water partition coefficient (Wildman–Crippen LogP) is 5.26. The number of benzene rings is 1. The molecular formula is C11H5BrCl4N2O2S. The van der Waals surface area contributed by atoms with Crippen LogP contribution in [0.1, 0.15) is 0 Å². The first-order chi connectivity index (χ1) is 9.70. The summed E-state index contributed by atoms with van der Waals surface area (Å²) >= 11 is 26.6. The molecule has 2 aromatic rings. The van der Waals surface area contributed by atoms with Crippen LogP contribution in [0.25, 0.3) is 0 Å². The third-order valence-corrected chi connectivity index (χ3v) is 5.33. The van der Waals surface area contributed by atoms with E-state index in [4.69, 9.17) is 46.4 Å². The second-order valence-corrected chi connectivity index (χ2v) is 7.97. The molecule has 10 heteroatoms. The van der Waals surface area contributed by atoms with Crippen molar-refractivity contribution >= 4 is 78.0 Å². The molecule has 0 spiro atoms. The number of rotatable bonds is 3. The van der Waals surface area contributed by atoms with Gasteiger partial charge < -0.3 is 0 Å². The van der Waals surface area contributed by atoms with Crippen molar-refractivity contribution in [1.82, 2.24) is 4.98 Å². The molecule has 0 unspecified atom stereocenters. The minimum absolute atomic E-state index is 0.0128. The summed E-state index contributed by atoms with van der Waals surface area (Å²) < 4.78 is 27.4. The summed E-state index contributed by atoms with van der Waals surface area (Å²) in [7, 11) is -4.01. The number of aromatic nitrogens is 1. The first kappa shape index (κ1) is 17.1. The highest BCUT2D eigenvalue weighted by molar-refractivity contribution is 9.10. The number of hydrogen-bond acceptors (Lipinski definition) is 3. The maximum atomic E-state index is 12.4. The Bertz CT molecular complexity index is 791. The number of pyridine rings is 1. The second kappa shape index (κ2) is 6.48. The van der Waals surface area contributed by atoms with Crippen LogP contribution in [0.4, 0.5) is 5.69 Å². The molecule has 1 aromatic heterocycles. The van der Waals surface area contributed by atoms with E-state index >= 15 is 0 Å². The molecule has 1 heterocycles. The molecule has 0 radical (unpaired) electrons. The SMILES string of the molecule is O=S(=O)(Nc1c(Cl)cc(Cl)cc1Cl)c1cc(Br)cnc1Cl. The Morgan fingerprint density at radius 1 is 1.05 bits per heavy atom. The number of nitrogens with one attached hydrogen (secondary N) is 1. The highest BCUT2D eigenvalue weighted by atomic mass is 79.9. The summed E-state index contributed by atoms with van der Waals surface area (Å²) in [5, 5.41) is 0.243. The van der Waals surface area contributed by atoms with E-state index in [2.05, 4.69) is 25.6 Å². The third kappa shape index (κ3) is 3.94. The van der Waals surface area contributed by atoms with Gasteiger partial charge in [-0.15, -0.1) is 0 Å². The van der Waals surface area contributed by atoms with Crippen LogP contribution < -0.4 is 4.72 Å². The Morgan fingerprint density at radius 3 is 2.19 bits per heavy atom. The quantitative estimate of drug-likeness (QED) is 0.649. The van der Waals surface area contributed by atoms with Gasteiger partial charge in [-0.05, 0) is 34.1 Å². The van der Waals surface area contributed by atoms with Crippen LogP contribution in [0.2, 0.25) is 20.2 Å². The molecule has 0 bridgehead atoms. The molecule has 0 fully saturated rings. The van der Waals surface area contributed by atoms with E-state index in [1.807, 2.05) is 0 Å². The van der Waals surface area contributed by atoms with Gasteiger partial charge >= 0.3 is 0 Å². The highest BCUT2D eigenvalue weighted by Gasteiger charge is 2.22. The first-order valence-electron chi connectivity index (χ1n) is 5.19. The maximum Gasteiger partial charge on any atom is 0.265 e. The largest absolute Gasteiger partial charge is 0.276 e. The molecule has 0 aliphatic carbocycles. The van der Waals surface area contributed by atoms with Crippen LogP contribution in [0.3, 0.4) is 0 Å². The summed E-state index contributed by atoms with van der Waals surface area (Å²) in [6.07, 6.45) is 1.38. The van der Waals surface area contributed by atoms with E-state index in [-0.39, 0.29) is 30.8 Å². The summed E-state index contributed by atoms with van der Waals surface area (Å²) in [5.41, 5.74) is 0.0128. The van der Waals surface area contributed by atoms with Crippen molar-refractivity contribution in [2.24, 2.45) is 0 Å².